The standard InChI is InChI=1S/C13H13NO/c1-9-8-11-7-6-10-4-2-3-5-12(10)14(11)13(9)15/h2-5,11H,1,6-8H2. The van der Waals surface area contributed by atoms with Crippen LogP contribution in [0.25, 0.3) is 0 Å². The van der Waals surface area contributed by atoms with E-state index in [0.29, 0.717) is 6.04 Å². The molecule has 0 aliphatic carbocycles. The Morgan fingerprint density at radius 3 is 3.00 bits per heavy atom. The average molecular weight is 199 g/mol. The summed E-state index contributed by atoms with van der Waals surface area (Å²) in [7, 11) is 0. The third-order valence-electron chi connectivity index (χ3n) is 3.37. The number of nitrogens with zero attached hydrogens (tertiary/aromatic N) is 1. The summed E-state index contributed by atoms with van der Waals surface area (Å²) < 4.78 is 0. The van der Waals surface area contributed by atoms with Gasteiger partial charge in [0, 0.05) is 17.3 Å². The van der Waals surface area contributed by atoms with Gasteiger partial charge in [-0.25, -0.2) is 0 Å². The summed E-state index contributed by atoms with van der Waals surface area (Å²) in [5.41, 5.74) is 3.14. The number of para-hydroxylation sites is 1. The van der Waals surface area contributed by atoms with E-state index in [9.17, 15) is 4.79 Å². The maximum absolute atomic E-state index is 11.9. The van der Waals surface area contributed by atoms with Gasteiger partial charge in [-0.05, 0) is 30.9 Å². The first-order valence-corrected chi connectivity index (χ1v) is 5.36. The van der Waals surface area contributed by atoms with Crippen LogP contribution in [0.3, 0.4) is 0 Å². The highest BCUT2D eigenvalue weighted by molar-refractivity contribution is 6.09. The molecule has 1 aromatic rings. The van der Waals surface area contributed by atoms with Crippen molar-refractivity contribution in [2.24, 2.45) is 0 Å². The summed E-state index contributed by atoms with van der Waals surface area (Å²) in [5.74, 6) is 0.118. The first-order chi connectivity index (χ1) is 7.27. The van der Waals surface area contributed by atoms with Crippen LogP contribution in [0.15, 0.2) is 36.4 Å². The normalized spacial score (nSPS) is 24.0. The van der Waals surface area contributed by atoms with Gasteiger partial charge in [-0.15, -0.1) is 0 Å². The highest BCUT2D eigenvalue weighted by atomic mass is 16.2. The maximum Gasteiger partial charge on any atom is 0.253 e. The summed E-state index contributed by atoms with van der Waals surface area (Å²) in [4.78, 5) is 13.9. The molecule has 1 aromatic carbocycles. The van der Waals surface area contributed by atoms with Gasteiger partial charge in [0.25, 0.3) is 5.91 Å². The molecule has 0 saturated carbocycles. The van der Waals surface area contributed by atoms with Crippen LogP contribution < -0.4 is 4.90 Å². The summed E-state index contributed by atoms with van der Waals surface area (Å²) in [5, 5.41) is 0. The Morgan fingerprint density at radius 2 is 2.13 bits per heavy atom. The van der Waals surface area contributed by atoms with Crippen LogP contribution >= 0.6 is 0 Å². The molecule has 2 aliphatic heterocycles. The molecule has 15 heavy (non-hydrogen) atoms. The molecule has 1 amide bonds. The maximum atomic E-state index is 11.9. The Balaban J connectivity index is 2.12. The van der Waals surface area contributed by atoms with E-state index in [1.165, 1.54) is 5.56 Å². The van der Waals surface area contributed by atoms with Crippen molar-refractivity contribution in [2.75, 3.05) is 4.90 Å². The van der Waals surface area contributed by atoms with Gasteiger partial charge in [0.2, 0.25) is 0 Å². The summed E-state index contributed by atoms with van der Waals surface area (Å²) in [6, 6.07) is 8.54. The molecule has 2 heterocycles. The molecular formula is C13H13NO. The second-order valence-electron chi connectivity index (χ2n) is 4.30. The SMILES string of the molecule is C=C1CC2CCc3ccccc3N2C1=O. The van der Waals surface area contributed by atoms with Crippen molar-refractivity contribution in [1.29, 1.82) is 0 Å². The zero-order valence-electron chi connectivity index (χ0n) is 8.57. The third kappa shape index (κ3) is 1.14. The number of aryl methyl sites for hydroxylation is 1. The van der Waals surface area contributed by atoms with Gasteiger partial charge in [-0.3, -0.25) is 4.79 Å². The fraction of sp³-hybridized carbons (Fsp3) is 0.308. The molecule has 2 aliphatic rings. The lowest BCUT2D eigenvalue weighted by molar-refractivity contribution is -0.114. The van der Waals surface area contributed by atoms with Crippen molar-refractivity contribution in [3.8, 4) is 0 Å². The Labute approximate surface area is 89.2 Å². The van der Waals surface area contributed by atoms with E-state index < -0.39 is 0 Å². The molecule has 1 atom stereocenters. The Morgan fingerprint density at radius 1 is 1.33 bits per heavy atom. The van der Waals surface area contributed by atoms with E-state index in [1.54, 1.807) is 0 Å². The number of rotatable bonds is 0. The molecule has 0 N–H and O–H groups in total. The third-order valence-corrected chi connectivity index (χ3v) is 3.37. The van der Waals surface area contributed by atoms with Crippen molar-refractivity contribution in [2.45, 2.75) is 25.3 Å². The van der Waals surface area contributed by atoms with Gasteiger partial charge >= 0.3 is 0 Å². The highest BCUT2D eigenvalue weighted by Crippen LogP contribution is 2.37. The van der Waals surface area contributed by atoms with Gasteiger partial charge < -0.3 is 4.90 Å². The van der Waals surface area contributed by atoms with Gasteiger partial charge in [-0.1, -0.05) is 24.8 Å². The van der Waals surface area contributed by atoms with Crippen LogP contribution in [0.4, 0.5) is 5.69 Å². The smallest absolute Gasteiger partial charge is 0.253 e. The van der Waals surface area contributed by atoms with Crippen LogP contribution in [0.5, 0.6) is 0 Å². The summed E-state index contributed by atoms with van der Waals surface area (Å²) in [6.45, 7) is 3.84. The Kier molecular flexibility index (Phi) is 1.72. The molecule has 0 aromatic heterocycles. The zero-order chi connectivity index (χ0) is 10.4. The molecule has 1 unspecified atom stereocenters. The number of carbonyl (C=O) groups is 1. The van der Waals surface area contributed by atoms with Crippen molar-refractivity contribution in [3.63, 3.8) is 0 Å². The predicted molar refractivity (Wildman–Crippen MR) is 59.8 cm³/mol. The second-order valence-corrected chi connectivity index (χ2v) is 4.30. The molecule has 0 spiro atoms. The number of hydrogen-bond acceptors (Lipinski definition) is 1. The molecule has 1 fully saturated rings. The number of amides is 1. The van der Waals surface area contributed by atoms with E-state index >= 15 is 0 Å². The molecule has 2 nitrogen and oxygen atoms in total. The van der Waals surface area contributed by atoms with Crippen molar-refractivity contribution in [1.82, 2.24) is 0 Å². The summed E-state index contributed by atoms with van der Waals surface area (Å²) in [6.07, 6.45) is 2.99. The molecule has 3 rings (SSSR count). The van der Waals surface area contributed by atoms with Gasteiger partial charge in [0.1, 0.15) is 0 Å². The number of hydrogen-bond donors (Lipinski definition) is 0. The fourth-order valence-corrected chi connectivity index (χ4v) is 2.62. The van der Waals surface area contributed by atoms with Gasteiger partial charge in [0.05, 0.1) is 0 Å². The largest absolute Gasteiger partial charge is 0.305 e. The predicted octanol–water partition coefficient (Wildman–Crippen LogP) is 2.29. The lowest BCUT2D eigenvalue weighted by Gasteiger charge is -2.31. The van der Waals surface area contributed by atoms with Crippen molar-refractivity contribution >= 4 is 11.6 Å². The number of benzene rings is 1. The first-order valence-electron chi connectivity index (χ1n) is 5.36. The molecule has 0 radical (unpaired) electrons. The van der Waals surface area contributed by atoms with E-state index in [4.69, 9.17) is 0 Å². The minimum atomic E-state index is 0.118. The van der Waals surface area contributed by atoms with Crippen LogP contribution in [0.1, 0.15) is 18.4 Å². The monoisotopic (exact) mass is 199 g/mol. The van der Waals surface area contributed by atoms with Crippen LogP contribution in [-0.2, 0) is 11.2 Å². The highest BCUT2D eigenvalue weighted by Gasteiger charge is 2.38. The van der Waals surface area contributed by atoms with Crippen molar-refractivity contribution < 1.29 is 4.79 Å². The zero-order valence-corrected chi connectivity index (χ0v) is 8.57. The average Bonchev–Trinajstić information content (AvgIpc) is 2.55. The number of anilines is 1. The van der Waals surface area contributed by atoms with E-state index in [2.05, 4.69) is 12.6 Å². The molecule has 1 saturated heterocycles. The molecule has 76 valence electrons. The van der Waals surface area contributed by atoms with E-state index in [-0.39, 0.29) is 5.91 Å². The van der Waals surface area contributed by atoms with Crippen molar-refractivity contribution in [3.05, 3.63) is 42.0 Å². The fourth-order valence-electron chi connectivity index (χ4n) is 2.62. The number of carbonyl (C=O) groups excluding carboxylic acids is 1. The van der Waals surface area contributed by atoms with Crippen LogP contribution in [-0.4, -0.2) is 11.9 Å². The minimum absolute atomic E-state index is 0.118. The molecule has 2 heteroatoms. The van der Waals surface area contributed by atoms with Crippen LogP contribution in [0, 0.1) is 0 Å². The molecule has 0 bridgehead atoms. The molecular weight excluding hydrogens is 186 g/mol. The lowest BCUT2D eigenvalue weighted by Crippen LogP contribution is -2.36. The first kappa shape index (κ1) is 8.72. The van der Waals surface area contributed by atoms with Crippen LogP contribution in [0.2, 0.25) is 0 Å². The summed E-state index contributed by atoms with van der Waals surface area (Å²) >= 11 is 0. The lowest BCUT2D eigenvalue weighted by atomic mass is 9.96. The van der Waals surface area contributed by atoms with Gasteiger partial charge in [-0.2, -0.15) is 0 Å². The quantitative estimate of drug-likeness (QED) is 0.587. The minimum Gasteiger partial charge on any atom is -0.305 e. The number of fused-ring (bicyclic) bond motifs is 3. The van der Waals surface area contributed by atoms with Gasteiger partial charge in [0.15, 0.2) is 0 Å². The second kappa shape index (κ2) is 2.96. The van der Waals surface area contributed by atoms with E-state index in [0.717, 1.165) is 30.5 Å². The Bertz CT molecular complexity index is 450. The van der Waals surface area contributed by atoms with E-state index in [1.807, 2.05) is 23.1 Å². The Hall–Kier alpha value is -1.57. The topological polar surface area (TPSA) is 20.3 Å².